The second-order valence-electron chi connectivity index (χ2n) is 5.75. The maximum absolute atomic E-state index is 12.1. The van der Waals surface area contributed by atoms with E-state index in [0.717, 1.165) is 17.7 Å². The lowest BCUT2D eigenvalue weighted by atomic mass is 10.2. The highest BCUT2D eigenvalue weighted by atomic mass is 19.4. The molecular weight excluding hydrogens is 391 g/mol. The monoisotopic (exact) mass is 409 g/mol. The molecule has 2 aromatic carbocycles. The van der Waals surface area contributed by atoms with Crippen LogP contribution in [0.15, 0.2) is 54.6 Å². The van der Waals surface area contributed by atoms with Crippen molar-refractivity contribution in [2.75, 3.05) is 12.4 Å². The summed E-state index contributed by atoms with van der Waals surface area (Å²) < 4.78 is 50.2. The quantitative estimate of drug-likeness (QED) is 0.549. The second kappa shape index (κ2) is 9.63. The second-order valence-corrected chi connectivity index (χ2v) is 5.75. The van der Waals surface area contributed by atoms with Crippen LogP contribution in [0.25, 0.3) is 6.08 Å². The van der Waals surface area contributed by atoms with E-state index in [4.69, 9.17) is 9.47 Å². The number of amides is 1. The number of esters is 1. The topological polar surface area (TPSA) is 73.9 Å². The van der Waals surface area contributed by atoms with Crippen LogP contribution in [0.5, 0.6) is 11.5 Å². The van der Waals surface area contributed by atoms with Crippen LogP contribution < -0.4 is 14.8 Å². The van der Waals surface area contributed by atoms with Crippen molar-refractivity contribution in [3.63, 3.8) is 0 Å². The van der Waals surface area contributed by atoms with Crippen molar-refractivity contribution in [3.8, 4) is 11.5 Å². The third-order valence-corrected chi connectivity index (χ3v) is 3.55. The van der Waals surface area contributed by atoms with E-state index in [9.17, 15) is 22.8 Å². The molecule has 1 unspecified atom stereocenters. The number of ether oxygens (including phenoxy) is 3. The van der Waals surface area contributed by atoms with Gasteiger partial charge in [0.15, 0.2) is 6.10 Å². The maximum atomic E-state index is 12.1. The third kappa shape index (κ3) is 7.57. The summed E-state index contributed by atoms with van der Waals surface area (Å²) in [7, 11) is 1.54. The van der Waals surface area contributed by atoms with Gasteiger partial charge in [-0.2, -0.15) is 0 Å². The lowest BCUT2D eigenvalue weighted by Gasteiger charge is -2.13. The highest BCUT2D eigenvalue weighted by Crippen LogP contribution is 2.24. The fourth-order valence-corrected chi connectivity index (χ4v) is 2.13. The Balaban J connectivity index is 1.86. The zero-order valence-corrected chi connectivity index (χ0v) is 15.5. The number of nitrogens with one attached hydrogen (secondary N) is 1. The number of halogens is 3. The Morgan fingerprint density at radius 1 is 1.00 bits per heavy atom. The molecule has 0 heterocycles. The minimum Gasteiger partial charge on any atom is -0.497 e. The molecule has 2 rings (SSSR count). The van der Waals surface area contributed by atoms with Gasteiger partial charge >= 0.3 is 12.3 Å². The Kier molecular flexibility index (Phi) is 7.24. The number of carbonyl (C=O) groups excluding carboxylic acids is 2. The first-order valence-corrected chi connectivity index (χ1v) is 8.36. The molecule has 0 aliphatic carbocycles. The van der Waals surface area contributed by atoms with Crippen LogP contribution in [0.4, 0.5) is 18.9 Å². The molecule has 0 aliphatic rings. The van der Waals surface area contributed by atoms with Crippen LogP contribution >= 0.6 is 0 Å². The summed E-state index contributed by atoms with van der Waals surface area (Å²) in [5.41, 5.74) is 0.960. The normalized spacial score (nSPS) is 12.3. The predicted octanol–water partition coefficient (Wildman–Crippen LogP) is 4.18. The van der Waals surface area contributed by atoms with Gasteiger partial charge in [0.25, 0.3) is 5.91 Å². The zero-order chi connectivity index (χ0) is 21.4. The van der Waals surface area contributed by atoms with Gasteiger partial charge in [-0.3, -0.25) is 4.79 Å². The molecule has 1 atom stereocenters. The van der Waals surface area contributed by atoms with Crippen molar-refractivity contribution in [1.29, 1.82) is 0 Å². The Hall–Kier alpha value is -3.49. The maximum Gasteiger partial charge on any atom is 0.573 e. The van der Waals surface area contributed by atoms with Crippen LogP contribution in [0.1, 0.15) is 12.5 Å². The molecule has 0 radical (unpaired) electrons. The minimum atomic E-state index is -4.80. The highest BCUT2D eigenvalue weighted by molar-refractivity contribution is 5.96. The number of rotatable bonds is 7. The summed E-state index contributed by atoms with van der Waals surface area (Å²) in [4.78, 5) is 23.9. The van der Waals surface area contributed by atoms with E-state index in [2.05, 4.69) is 10.1 Å². The van der Waals surface area contributed by atoms with Gasteiger partial charge in [-0.1, -0.05) is 12.1 Å². The standard InChI is InChI=1S/C20H18F3NO5/c1-13(28-18(25)12-5-14-3-8-16(27-2)9-4-14)19(26)24-15-6-10-17(11-7-15)29-20(21,22)23/h3-13H,1-2H3,(H,24,26)/b12-5+. The fourth-order valence-electron chi connectivity index (χ4n) is 2.13. The van der Waals surface area contributed by atoms with E-state index in [1.54, 1.807) is 31.4 Å². The predicted molar refractivity (Wildman–Crippen MR) is 99.3 cm³/mol. The van der Waals surface area contributed by atoms with E-state index in [1.807, 2.05) is 0 Å². The van der Waals surface area contributed by atoms with Crippen molar-refractivity contribution in [2.45, 2.75) is 19.4 Å². The number of anilines is 1. The molecule has 0 bridgehead atoms. The largest absolute Gasteiger partial charge is 0.573 e. The smallest absolute Gasteiger partial charge is 0.497 e. The molecule has 0 saturated heterocycles. The summed E-state index contributed by atoms with van der Waals surface area (Å²) in [6.07, 6.45) is -3.22. The Morgan fingerprint density at radius 3 is 2.14 bits per heavy atom. The zero-order valence-electron chi connectivity index (χ0n) is 15.5. The van der Waals surface area contributed by atoms with Gasteiger partial charge in [-0.15, -0.1) is 13.2 Å². The fraction of sp³-hybridized carbons (Fsp3) is 0.200. The van der Waals surface area contributed by atoms with Crippen LogP contribution in [0, 0.1) is 0 Å². The van der Waals surface area contributed by atoms with Crippen molar-refractivity contribution in [3.05, 3.63) is 60.2 Å². The molecule has 1 N–H and O–H groups in total. The van der Waals surface area contributed by atoms with Gasteiger partial charge in [0.05, 0.1) is 7.11 Å². The van der Waals surface area contributed by atoms with Gasteiger partial charge in [0, 0.05) is 11.8 Å². The van der Waals surface area contributed by atoms with Gasteiger partial charge in [-0.05, 0) is 55.0 Å². The van der Waals surface area contributed by atoms with Gasteiger partial charge in [-0.25, -0.2) is 4.79 Å². The third-order valence-electron chi connectivity index (χ3n) is 3.55. The summed E-state index contributed by atoms with van der Waals surface area (Å²) >= 11 is 0. The van der Waals surface area contributed by atoms with E-state index < -0.39 is 30.1 Å². The number of hydrogen-bond acceptors (Lipinski definition) is 5. The number of benzene rings is 2. The van der Waals surface area contributed by atoms with Crippen molar-refractivity contribution >= 4 is 23.6 Å². The first kappa shape index (κ1) is 21.8. The van der Waals surface area contributed by atoms with Crippen molar-refractivity contribution in [2.24, 2.45) is 0 Å². The van der Waals surface area contributed by atoms with Gasteiger partial charge in [0.1, 0.15) is 11.5 Å². The average molecular weight is 409 g/mol. The van der Waals surface area contributed by atoms with Crippen LogP contribution in [0.3, 0.4) is 0 Å². The molecule has 0 aromatic heterocycles. The average Bonchev–Trinajstić information content (AvgIpc) is 2.67. The molecule has 1 amide bonds. The summed E-state index contributed by atoms with van der Waals surface area (Å²) in [5, 5.41) is 2.43. The summed E-state index contributed by atoms with van der Waals surface area (Å²) in [6.45, 7) is 1.37. The van der Waals surface area contributed by atoms with E-state index in [0.29, 0.717) is 5.75 Å². The highest BCUT2D eigenvalue weighted by Gasteiger charge is 2.31. The SMILES string of the molecule is COc1ccc(/C=C/C(=O)OC(C)C(=O)Nc2ccc(OC(F)(F)F)cc2)cc1. The molecule has 0 fully saturated rings. The Bertz CT molecular complexity index is 861. The molecule has 2 aromatic rings. The lowest BCUT2D eigenvalue weighted by Crippen LogP contribution is -2.29. The van der Waals surface area contributed by atoms with Gasteiger partial charge in [0.2, 0.25) is 0 Å². The number of methoxy groups -OCH3 is 1. The lowest BCUT2D eigenvalue weighted by molar-refractivity contribution is -0.274. The molecule has 29 heavy (non-hydrogen) atoms. The van der Waals surface area contributed by atoms with Crippen molar-refractivity contribution < 1.29 is 37.0 Å². The molecule has 9 heteroatoms. The summed E-state index contributed by atoms with van der Waals surface area (Å²) in [6, 6.07) is 11.5. The van der Waals surface area contributed by atoms with Crippen LogP contribution in [-0.4, -0.2) is 31.5 Å². The molecule has 0 aliphatic heterocycles. The molecule has 0 spiro atoms. The van der Waals surface area contributed by atoms with E-state index in [-0.39, 0.29) is 5.69 Å². The number of hydrogen-bond donors (Lipinski definition) is 1. The van der Waals surface area contributed by atoms with Crippen molar-refractivity contribution in [1.82, 2.24) is 0 Å². The summed E-state index contributed by atoms with van der Waals surface area (Å²) in [5.74, 6) is -1.11. The first-order chi connectivity index (χ1) is 13.7. The minimum absolute atomic E-state index is 0.223. The van der Waals surface area contributed by atoms with E-state index in [1.165, 1.54) is 31.2 Å². The Labute approximate surface area is 164 Å². The molecular formula is C20H18F3NO5. The molecule has 154 valence electrons. The Morgan fingerprint density at radius 2 is 1.59 bits per heavy atom. The van der Waals surface area contributed by atoms with Crippen LogP contribution in [0.2, 0.25) is 0 Å². The van der Waals surface area contributed by atoms with Crippen LogP contribution in [-0.2, 0) is 14.3 Å². The number of carbonyl (C=O) groups is 2. The first-order valence-electron chi connectivity index (χ1n) is 8.36. The van der Waals surface area contributed by atoms with Gasteiger partial charge < -0.3 is 19.5 Å². The molecule has 6 nitrogen and oxygen atoms in total. The number of alkyl halides is 3. The molecule has 0 saturated carbocycles. The van der Waals surface area contributed by atoms with E-state index >= 15 is 0 Å².